The van der Waals surface area contributed by atoms with Crippen molar-refractivity contribution < 1.29 is 10.0 Å². The fourth-order valence-corrected chi connectivity index (χ4v) is 3.18. The first kappa shape index (κ1) is 15.8. The number of hydrogen-bond acceptors (Lipinski definition) is 8. The first-order chi connectivity index (χ1) is 11.6. The van der Waals surface area contributed by atoms with Gasteiger partial charge in [0.25, 0.3) is 5.91 Å². The average molecular weight is 342 g/mol. The number of aromatic nitrogens is 3. The number of thiophene rings is 1. The van der Waals surface area contributed by atoms with Gasteiger partial charge in [0.05, 0.1) is 4.88 Å². The van der Waals surface area contributed by atoms with E-state index < -0.39 is 0 Å². The Balaban J connectivity index is 2.18. The van der Waals surface area contributed by atoms with E-state index in [0.29, 0.717) is 32.9 Å². The molecular formula is C15H14N6O2S. The maximum Gasteiger partial charge on any atom is 0.261 e. The summed E-state index contributed by atoms with van der Waals surface area (Å²) in [4.78, 5) is 25.4. The molecule has 0 saturated carbocycles. The third kappa shape index (κ3) is 2.88. The number of hydrogen-bond donors (Lipinski definition) is 3. The summed E-state index contributed by atoms with van der Waals surface area (Å²) in [5.74, 6) is -0.166. The summed E-state index contributed by atoms with van der Waals surface area (Å²) in [5, 5.41) is 16.1. The third-order valence-electron chi connectivity index (χ3n) is 3.23. The highest BCUT2D eigenvalue weighted by Gasteiger charge is 2.19. The number of nitrogens with zero attached hydrogens (tertiary/aromatic N) is 4. The van der Waals surface area contributed by atoms with Crippen molar-refractivity contribution in [1.29, 1.82) is 0 Å². The number of nitrogens with two attached hydrogens (primary N) is 1. The molecule has 8 nitrogen and oxygen atoms in total. The number of anilines is 1. The lowest BCUT2D eigenvalue weighted by Gasteiger charge is -2.05. The number of carbonyl (C=O) groups is 1. The zero-order chi connectivity index (χ0) is 17.1. The minimum absolute atomic E-state index is 0.0341. The zero-order valence-electron chi connectivity index (χ0n) is 12.7. The Morgan fingerprint density at radius 1 is 1.46 bits per heavy atom. The number of oxime groups is 1. The molecule has 0 aliphatic carbocycles. The van der Waals surface area contributed by atoms with E-state index in [4.69, 9.17) is 5.73 Å². The number of pyridine rings is 1. The minimum atomic E-state index is -0.200. The molecule has 0 atom stereocenters. The molecule has 3 heterocycles. The van der Waals surface area contributed by atoms with Crippen molar-refractivity contribution in [2.45, 2.75) is 6.92 Å². The molecule has 1 amide bonds. The third-order valence-corrected chi connectivity index (χ3v) is 4.26. The van der Waals surface area contributed by atoms with Gasteiger partial charge in [0.2, 0.25) is 5.95 Å². The molecule has 0 aliphatic rings. The molecule has 0 spiro atoms. The second-order valence-corrected chi connectivity index (χ2v) is 5.84. The van der Waals surface area contributed by atoms with E-state index in [0.717, 1.165) is 0 Å². The SMILES string of the molecule is CCNC(=O)c1cc2c(/C(=N/O)c3cccnc3)nc(N)nc2s1. The Morgan fingerprint density at radius 3 is 2.96 bits per heavy atom. The van der Waals surface area contributed by atoms with Crippen LogP contribution in [0.5, 0.6) is 0 Å². The summed E-state index contributed by atoms with van der Waals surface area (Å²) >= 11 is 1.20. The van der Waals surface area contributed by atoms with E-state index in [1.54, 1.807) is 30.6 Å². The topological polar surface area (TPSA) is 126 Å². The van der Waals surface area contributed by atoms with E-state index >= 15 is 0 Å². The van der Waals surface area contributed by atoms with Gasteiger partial charge in [-0.05, 0) is 25.1 Å². The normalized spacial score (nSPS) is 11.6. The molecule has 9 heteroatoms. The molecule has 0 radical (unpaired) electrons. The lowest BCUT2D eigenvalue weighted by atomic mass is 10.1. The van der Waals surface area contributed by atoms with E-state index in [2.05, 4.69) is 25.4 Å². The van der Waals surface area contributed by atoms with Crippen molar-refractivity contribution in [3.05, 3.63) is 46.7 Å². The van der Waals surface area contributed by atoms with E-state index in [1.807, 2.05) is 6.92 Å². The van der Waals surface area contributed by atoms with Crippen LogP contribution in [0.4, 0.5) is 5.95 Å². The van der Waals surface area contributed by atoms with Gasteiger partial charge in [0, 0.05) is 29.9 Å². The molecule has 3 aromatic heterocycles. The Bertz CT molecular complexity index is 922. The van der Waals surface area contributed by atoms with Crippen molar-refractivity contribution in [3.8, 4) is 0 Å². The van der Waals surface area contributed by atoms with Gasteiger partial charge in [-0.25, -0.2) is 9.97 Å². The van der Waals surface area contributed by atoms with Crippen LogP contribution in [0, 0.1) is 0 Å². The van der Waals surface area contributed by atoms with Gasteiger partial charge >= 0.3 is 0 Å². The van der Waals surface area contributed by atoms with Crippen LogP contribution < -0.4 is 11.1 Å². The predicted octanol–water partition coefficient (Wildman–Crippen LogP) is 1.64. The molecule has 0 aromatic carbocycles. The maximum absolute atomic E-state index is 12.1. The van der Waals surface area contributed by atoms with Crippen molar-refractivity contribution in [2.24, 2.45) is 5.16 Å². The number of nitrogens with one attached hydrogen (secondary N) is 1. The van der Waals surface area contributed by atoms with Crippen LogP contribution in [0.2, 0.25) is 0 Å². The number of fused-ring (bicyclic) bond motifs is 1. The first-order valence-corrected chi connectivity index (χ1v) is 7.93. The molecule has 3 rings (SSSR count). The van der Waals surface area contributed by atoms with E-state index in [9.17, 15) is 10.0 Å². The molecule has 3 aromatic rings. The Morgan fingerprint density at radius 2 is 2.29 bits per heavy atom. The fourth-order valence-electron chi connectivity index (χ4n) is 2.22. The van der Waals surface area contributed by atoms with Crippen LogP contribution in [0.15, 0.2) is 35.7 Å². The van der Waals surface area contributed by atoms with Gasteiger partial charge in [0.15, 0.2) is 0 Å². The molecule has 4 N–H and O–H groups in total. The van der Waals surface area contributed by atoms with Crippen LogP contribution in [0.1, 0.15) is 27.9 Å². The van der Waals surface area contributed by atoms with Gasteiger partial charge in [-0.2, -0.15) is 0 Å². The number of carbonyl (C=O) groups excluding carboxylic acids is 1. The van der Waals surface area contributed by atoms with Crippen molar-refractivity contribution in [3.63, 3.8) is 0 Å². The Labute approximate surface area is 141 Å². The number of rotatable bonds is 4. The standard InChI is InChI=1S/C15H14N6O2S/c1-2-18-13(22)10-6-9-12(19-15(16)20-14(9)24-10)11(21-23)8-4-3-5-17-7-8/h3-7,23H,2H2,1H3,(H,18,22)(H2,16,19,20)/b21-11+. The van der Waals surface area contributed by atoms with Gasteiger partial charge in [-0.1, -0.05) is 5.16 Å². The summed E-state index contributed by atoms with van der Waals surface area (Å²) < 4.78 is 0. The molecule has 0 unspecified atom stereocenters. The summed E-state index contributed by atoms with van der Waals surface area (Å²) in [5.41, 5.74) is 6.90. The van der Waals surface area contributed by atoms with Crippen LogP contribution in [-0.4, -0.2) is 38.3 Å². The summed E-state index contributed by atoms with van der Waals surface area (Å²) in [6.45, 7) is 2.36. The van der Waals surface area contributed by atoms with Gasteiger partial charge in [0.1, 0.15) is 16.2 Å². The van der Waals surface area contributed by atoms with Gasteiger partial charge < -0.3 is 16.3 Å². The van der Waals surface area contributed by atoms with Crippen LogP contribution in [0.3, 0.4) is 0 Å². The average Bonchev–Trinajstić information content (AvgIpc) is 3.01. The minimum Gasteiger partial charge on any atom is -0.410 e. The second kappa shape index (κ2) is 6.59. The largest absolute Gasteiger partial charge is 0.410 e. The fraction of sp³-hybridized carbons (Fsp3) is 0.133. The molecule has 122 valence electrons. The first-order valence-electron chi connectivity index (χ1n) is 7.12. The number of nitrogen functional groups attached to an aromatic ring is 1. The van der Waals surface area contributed by atoms with E-state index in [1.165, 1.54) is 11.3 Å². The Hall–Kier alpha value is -3.07. The highest BCUT2D eigenvalue weighted by molar-refractivity contribution is 7.20. The molecule has 0 bridgehead atoms. The van der Waals surface area contributed by atoms with Crippen LogP contribution in [0.25, 0.3) is 10.2 Å². The highest BCUT2D eigenvalue weighted by atomic mass is 32.1. The van der Waals surface area contributed by atoms with Gasteiger partial charge in [-0.15, -0.1) is 11.3 Å². The quantitative estimate of drug-likeness (QED) is 0.376. The van der Waals surface area contributed by atoms with Crippen LogP contribution in [-0.2, 0) is 0 Å². The summed E-state index contributed by atoms with van der Waals surface area (Å²) in [6.07, 6.45) is 3.16. The smallest absolute Gasteiger partial charge is 0.261 e. The van der Waals surface area contributed by atoms with Gasteiger partial charge in [-0.3, -0.25) is 9.78 Å². The Kier molecular flexibility index (Phi) is 4.34. The lowest BCUT2D eigenvalue weighted by Crippen LogP contribution is -2.21. The molecule has 0 fully saturated rings. The predicted molar refractivity (Wildman–Crippen MR) is 91.5 cm³/mol. The van der Waals surface area contributed by atoms with Crippen LogP contribution >= 0.6 is 11.3 Å². The summed E-state index contributed by atoms with van der Waals surface area (Å²) in [6, 6.07) is 5.13. The zero-order valence-corrected chi connectivity index (χ0v) is 13.5. The highest BCUT2D eigenvalue weighted by Crippen LogP contribution is 2.28. The molecule has 24 heavy (non-hydrogen) atoms. The lowest BCUT2D eigenvalue weighted by molar-refractivity contribution is 0.0960. The van der Waals surface area contributed by atoms with Crippen molar-refractivity contribution in [1.82, 2.24) is 20.3 Å². The van der Waals surface area contributed by atoms with E-state index in [-0.39, 0.29) is 17.6 Å². The molecular weight excluding hydrogens is 328 g/mol. The number of amides is 1. The summed E-state index contributed by atoms with van der Waals surface area (Å²) in [7, 11) is 0. The van der Waals surface area contributed by atoms with Crippen molar-refractivity contribution >= 4 is 39.1 Å². The maximum atomic E-state index is 12.1. The molecule has 0 saturated heterocycles. The van der Waals surface area contributed by atoms with Crippen molar-refractivity contribution in [2.75, 3.05) is 12.3 Å². The second-order valence-electron chi connectivity index (χ2n) is 4.81. The monoisotopic (exact) mass is 342 g/mol. The molecule has 0 aliphatic heterocycles.